The van der Waals surface area contributed by atoms with Gasteiger partial charge in [-0.1, -0.05) is 13.8 Å². The van der Waals surface area contributed by atoms with Crippen LogP contribution in [0.15, 0.2) is 0 Å². The van der Waals surface area contributed by atoms with Crippen LogP contribution in [0.2, 0.25) is 0 Å². The minimum atomic E-state index is -0.442. The van der Waals surface area contributed by atoms with Crippen LogP contribution in [0.3, 0.4) is 0 Å². The minimum absolute atomic E-state index is 0.113. The van der Waals surface area contributed by atoms with E-state index in [1.165, 1.54) is 0 Å². The summed E-state index contributed by atoms with van der Waals surface area (Å²) < 4.78 is 5.46. The van der Waals surface area contributed by atoms with Gasteiger partial charge in [0.05, 0.1) is 11.6 Å². The van der Waals surface area contributed by atoms with E-state index >= 15 is 0 Å². The molecule has 0 aliphatic rings. The van der Waals surface area contributed by atoms with Gasteiger partial charge in [-0.2, -0.15) is 0 Å². The highest BCUT2D eigenvalue weighted by atomic mass is 16.5. The zero-order chi connectivity index (χ0) is 12.1. The zero-order valence-electron chi connectivity index (χ0n) is 10.5. The van der Waals surface area contributed by atoms with Crippen molar-refractivity contribution in [2.75, 3.05) is 13.2 Å². The third kappa shape index (κ3) is 5.74. The van der Waals surface area contributed by atoms with Crippen molar-refractivity contribution in [3.8, 4) is 0 Å². The first-order valence-corrected chi connectivity index (χ1v) is 5.47. The SMILES string of the molecule is CCOC(C)(C)CNC(=O)[C@H](N)C(C)C. The summed E-state index contributed by atoms with van der Waals surface area (Å²) in [7, 11) is 0. The van der Waals surface area contributed by atoms with Crippen molar-refractivity contribution in [3.05, 3.63) is 0 Å². The van der Waals surface area contributed by atoms with Crippen LogP contribution in [0.25, 0.3) is 0 Å². The van der Waals surface area contributed by atoms with E-state index < -0.39 is 6.04 Å². The van der Waals surface area contributed by atoms with Crippen molar-refractivity contribution in [1.29, 1.82) is 0 Å². The van der Waals surface area contributed by atoms with Gasteiger partial charge >= 0.3 is 0 Å². The Hall–Kier alpha value is -0.610. The van der Waals surface area contributed by atoms with Gasteiger partial charge in [-0.25, -0.2) is 0 Å². The molecule has 0 saturated carbocycles. The third-order valence-electron chi connectivity index (χ3n) is 2.24. The zero-order valence-corrected chi connectivity index (χ0v) is 10.5. The predicted molar refractivity (Wildman–Crippen MR) is 61.5 cm³/mol. The summed E-state index contributed by atoms with van der Waals surface area (Å²) in [6, 6.07) is -0.442. The fourth-order valence-electron chi connectivity index (χ4n) is 1.16. The highest BCUT2D eigenvalue weighted by Crippen LogP contribution is 2.07. The van der Waals surface area contributed by atoms with E-state index in [2.05, 4.69) is 5.32 Å². The normalized spacial score (nSPS) is 14.1. The summed E-state index contributed by atoms with van der Waals surface area (Å²) in [5.74, 6) is 0.0398. The summed E-state index contributed by atoms with van der Waals surface area (Å²) in [6.07, 6.45) is 0. The molecule has 4 heteroatoms. The fraction of sp³-hybridized carbons (Fsp3) is 0.909. The molecule has 3 N–H and O–H groups in total. The number of carbonyl (C=O) groups is 1. The van der Waals surface area contributed by atoms with Crippen LogP contribution in [0, 0.1) is 5.92 Å². The summed E-state index contributed by atoms with van der Waals surface area (Å²) in [5.41, 5.74) is 5.38. The summed E-state index contributed by atoms with van der Waals surface area (Å²) in [4.78, 5) is 11.5. The van der Waals surface area contributed by atoms with E-state index in [1.807, 2.05) is 34.6 Å². The Balaban J connectivity index is 4.00. The lowest BCUT2D eigenvalue weighted by atomic mass is 10.0. The maximum Gasteiger partial charge on any atom is 0.237 e. The average molecular weight is 216 g/mol. The van der Waals surface area contributed by atoms with Crippen molar-refractivity contribution in [3.63, 3.8) is 0 Å². The molecule has 90 valence electrons. The maximum atomic E-state index is 11.5. The molecule has 0 aromatic heterocycles. The molecule has 0 fully saturated rings. The maximum absolute atomic E-state index is 11.5. The smallest absolute Gasteiger partial charge is 0.237 e. The number of hydrogen-bond acceptors (Lipinski definition) is 3. The largest absolute Gasteiger partial charge is 0.374 e. The van der Waals surface area contributed by atoms with Crippen molar-refractivity contribution in [2.45, 2.75) is 46.3 Å². The molecular formula is C11H24N2O2. The van der Waals surface area contributed by atoms with Gasteiger partial charge in [0.15, 0.2) is 0 Å². The average Bonchev–Trinajstić information content (AvgIpc) is 2.13. The first-order chi connectivity index (χ1) is 6.80. The number of nitrogens with one attached hydrogen (secondary N) is 1. The Bertz CT molecular complexity index is 203. The Morgan fingerprint density at radius 2 is 2.00 bits per heavy atom. The number of hydrogen-bond donors (Lipinski definition) is 2. The minimum Gasteiger partial charge on any atom is -0.374 e. The van der Waals surface area contributed by atoms with Gasteiger partial charge in [-0.3, -0.25) is 4.79 Å². The van der Waals surface area contributed by atoms with Crippen LogP contribution >= 0.6 is 0 Å². The second-order valence-corrected chi connectivity index (χ2v) is 4.68. The lowest BCUT2D eigenvalue weighted by Gasteiger charge is -2.26. The molecule has 0 aliphatic carbocycles. The number of amides is 1. The van der Waals surface area contributed by atoms with E-state index in [0.29, 0.717) is 13.2 Å². The molecule has 1 atom stereocenters. The molecule has 0 spiro atoms. The first-order valence-electron chi connectivity index (χ1n) is 5.47. The van der Waals surface area contributed by atoms with Crippen LogP contribution in [-0.4, -0.2) is 30.7 Å². The Kier molecular flexibility index (Phi) is 5.83. The highest BCUT2D eigenvalue weighted by Gasteiger charge is 2.22. The van der Waals surface area contributed by atoms with Crippen LogP contribution in [0.4, 0.5) is 0 Å². The second-order valence-electron chi connectivity index (χ2n) is 4.68. The number of nitrogens with two attached hydrogens (primary N) is 1. The second kappa shape index (κ2) is 6.08. The van der Waals surface area contributed by atoms with Gasteiger partial charge < -0.3 is 15.8 Å². The van der Waals surface area contributed by atoms with Crippen LogP contribution in [-0.2, 0) is 9.53 Å². The van der Waals surface area contributed by atoms with Gasteiger partial charge in [0.25, 0.3) is 0 Å². The third-order valence-corrected chi connectivity index (χ3v) is 2.24. The Morgan fingerprint density at radius 3 is 2.40 bits per heavy atom. The molecule has 1 amide bonds. The number of carbonyl (C=O) groups excluding carboxylic acids is 1. The van der Waals surface area contributed by atoms with Gasteiger partial charge in [0, 0.05) is 13.2 Å². The highest BCUT2D eigenvalue weighted by molar-refractivity contribution is 5.81. The standard InChI is InChI=1S/C11H24N2O2/c1-6-15-11(4,5)7-13-10(14)9(12)8(2)3/h8-9H,6-7,12H2,1-5H3,(H,13,14)/t9-/m1/s1. The van der Waals surface area contributed by atoms with E-state index in [9.17, 15) is 4.79 Å². The Labute approximate surface area is 92.6 Å². The molecule has 0 heterocycles. The fourth-order valence-corrected chi connectivity index (χ4v) is 1.16. The van der Waals surface area contributed by atoms with Gasteiger partial charge in [0.2, 0.25) is 5.91 Å². The van der Waals surface area contributed by atoms with Crippen LogP contribution in [0.5, 0.6) is 0 Å². The number of rotatable bonds is 6. The topological polar surface area (TPSA) is 64.3 Å². The molecular weight excluding hydrogens is 192 g/mol. The van der Waals surface area contributed by atoms with Crippen LogP contribution < -0.4 is 11.1 Å². The molecule has 0 aromatic carbocycles. The molecule has 0 saturated heterocycles. The quantitative estimate of drug-likeness (QED) is 0.693. The summed E-state index contributed by atoms with van der Waals surface area (Å²) >= 11 is 0. The molecule has 0 radical (unpaired) electrons. The van der Waals surface area contributed by atoms with E-state index in [4.69, 9.17) is 10.5 Å². The van der Waals surface area contributed by atoms with Crippen molar-refractivity contribution in [1.82, 2.24) is 5.32 Å². The molecule has 0 aliphatic heterocycles. The molecule has 15 heavy (non-hydrogen) atoms. The van der Waals surface area contributed by atoms with E-state index in [-0.39, 0.29) is 17.4 Å². The van der Waals surface area contributed by atoms with Crippen LogP contribution in [0.1, 0.15) is 34.6 Å². The lowest BCUT2D eigenvalue weighted by molar-refractivity contribution is -0.124. The number of ether oxygens (including phenoxy) is 1. The molecule has 0 bridgehead atoms. The van der Waals surface area contributed by atoms with E-state index in [0.717, 1.165) is 0 Å². The summed E-state index contributed by atoms with van der Waals surface area (Å²) in [5, 5.41) is 2.80. The Morgan fingerprint density at radius 1 is 1.47 bits per heavy atom. The van der Waals surface area contributed by atoms with Crippen molar-refractivity contribution < 1.29 is 9.53 Å². The van der Waals surface area contributed by atoms with Crippen molar-refractivity contribution in [2.24, 2.45) is 11.7 Å². The molecule has 0 rings (SSSR count). The van der Waals surface area contributed by atoms with E-state index in [1.54, 1.807) is 0 Å². The van der Waals surface area contributed by atoms with Crippen molar-refractivity contribution >= 4 is 5.91 Å². The summed E-state index contributed by atoms with van der Waals surface area (Å²) in [6.45, 7) is 10.8. The molecule has 0 unspecified atom stereocenters. The van der Waals surface area contributed by atoms with Gasteiger partial charge in [0.1, 0.15) is 0 Å². The van der Waals surface area contributed by atoms with Gasteiger partial charge in [-0.05, 0) is 26.7 Å². The van der Waals surface area contributed by atoms with Gasteiger partial charge in [-0.15, -0.1) is 0 Å². The predicted octanol–water partition coefficient (Wildman–Crippen LogP) is 0.901. The molecule has 4 nitrogen and oxygen atoms in total. The lowest BCUT2D eigenvalue weighted by Crippen LogP contribution is -2.48. The molecule has 0 aromatic rings. The monoisotopic (exact) mass is 216 g/mol. The first kappa shape index (κ1) is 14.4.